The van der Waals surface area contributed by atoms with E-state index in [4.69, 9.17) is 0 Å². The van der Waals surface area contributed by atoms with Crippen molar-refractivity contribution in [1.29, 1.82) is 0 Å². The maximum absolute atomic E-state index is 10.4. The van der Waals surface area contributed by atoms with Crippen molar-refractivity contribution in [3.63, 3.8) is 0 Å². The average molecular weight is 429 g/mol. The van der Waals surface area contributed by atoms with Crippen LogP contribution in [-0.2, 0) is 20.2 Å². The average Bonchev–Trinajstić information content (AvgIpc) is 2.54. The molecule has 0 fully saturated rings. The summed E-state index contributed by atoms with van der Waals surface area (Å²) in [6, 6.07) is 7.96. The Kier molecular flexibility index (Phi) is 8.89. The van der Waals surface area contributed by atoms with E-state index in [1.807, 2.05) is 0 Å². The van der Waals surface area contributed by atoms with Crippen LogP contribution in [0.1, 0.15) is 0 Å². The van der Waals surface area contributed by atoms with E-state index in [0.29, 0.717) is 0 Å². The number of nitrogens with zero attached hydrogens (tertiary/aromatic N) is 2. The predicted octanol–water partition coefficient (Wildman–Crippen LogP) is 0.617. The van der Waals surface area contributed by atoms with Gasteiger partial charge in [0.05, 0.1) is 19.6 Å². The third-order valence-corrected chi connectivity index (χ3v) is 4.30. The molecule has 0 saturated heterocycles. The van der Waals surface area contributed by atoms with E-state index in [0.717, 1.165) is 48.5 Å². The topological polar surface area (TPSA) is 201 Å². The van der Waals surface area contributed by atoms with E-state index in [-0.39, 0.29) is 23.1 Å². The zero-order valence-corrected chi connectivity index (χ0v) is 16.2. The molecular weight excluding hydrogens is 421 g/mol. The molecule has 2 aromatic carbocycles. The maximum atomic E-state index is 10.4. The quantitative estimate of drug-likeness (QED) is 0.287. The predicted molar refractivity (Wildman–Crippen MR) is 87.9 cm³/mol. The molecule has 0 spiro atoms. The van der Waals surface area contributed by atoms with Crippen molar-refractivity contribution in [3.05, 3.63) is 68.8 Å². The third-order valence-electron chi connectivity index (χ3n) is 2.63. The molecule has 0 aliphatic rings. The Bertz CT molecular complexity index is 968. The standard InChI is InChI=1S/2C6H5NO5S.Mg/c2*8-7(9)5-2-1-3-6(4-5)13(10,11)12;/h2*1-4H,(H,10,11,12);/q;;+2/p-2. The van der Waals surface area contributed by atoms with Gasteiger partial charge in [0.25, 0.3) is 11.4 Å². The van der Waals surface area contributed by atoms with Crippen LogP contribution >= 0.6 is 0 Å². The molecule has 2 aromatic rings. The number of non-ortho nitro benzene ring substituents is 2. The van der Waals surface area contributed by atoms with Crippen molar-refractivity contribution >= 4 is 54.7 Å². The smallest absolute Gasteiger partial charge is 0.744 e. The third kappa shape index (κ3) is 7.93. The summed E-state index contributed by atoms with van der Waals surface area (Å²) < 4.78 is 62.6. The van der Waals surface area contributed by atoms with Crippen LogP contribution < -0.4 is 0 Å². The molecular formula is C12H8MgN2O10S2. The first-order valence-electron chi connectivity index (χ1n) is 6.23. The largest absolute Gasteiger partial charge is 2.00 e. The summed E-state index contributed by atoms with van der Waals surface area (Å²) >= 11 is 0. The molecule has 140 valence electrons. The minimum atomic E-state index is -4.61. The van der Waals surface area contributed by atoms with E-state index in [1.54, 1.807) is 0 Å². The summed E-state index contributed by atoms with van der Waals surface area (Å²) in [4.78, 5) is 17.6. The Balaban J connectivity index is 0.000000483. The molecule has 0 saturated carbocycles. The molecule has 0 bridgehead atoms. The first-order valence-corrected chi connectivity index (χ1v) is 9.04. The van der Waals surface area contributed by atoms with Crippen LogP contribution in [0.25, 0.3) is 0 Å². The van der Waals surface area contributed by atoms with Crippen molar-refractivity contribution in [1.82, 2.24) is 0 Å². The van der Waals surface area contributed by atoms with Crippen LogP contribution in [-0.4, -0.2) is 58.8 Å². The Morgan fingerprint density at radius 1 is 0.667 bits per heavy atom. The summed E-state index contributed by atoms with van der Waals surface area (Å²) in [7, 11) is -9.23. The summed E-state index contributed by atoms with van der Waals surface area (Å²) in [5.41, 5.74) is -0.839. The molecule has 0 N–H and O–H groups in total. The minimum absolute atomic E-state index is 0. The van der Waals surface area contributed by atoms with Crippen LogP contribution in [0, 0.1) is 20.2 Å². The van der Waals surface area contributed by atoms with E-state index in [2.05, 4.69) is 0 Å². The van der Waals surface area contributed by atoms with Crippen molar-refractivity contribution in [2.45, 2.75) is 9.79 Å². The molecule has 0 aromatic heterocycles. The summed E-state index contributed by atoms with van der Waals surface area (Å²) in [6.45, 7) is 0. The number of hydrogen-bond donors (Lipinski definition) is 0. The molecule has 0 aliphatic heterocycles. The van der Waals surface area contributed by atoms with Gasteiger partial charge in [-0.1, -0.05) is 12.1 Å². The maximum Gasteiger partial charge on any atom is 2.00 e. The zero-order valence-electron chi connectivity index (χ0n) is 13.1. The van der Waals surface area contributed by atoms with Gasteiger partial charge in [-0.05, 0) is 12.1 Å². The van der Waals surface area contributed by atoms with Gasteiger partial charge >= 0.3 is 23.1 Å². The first-order chi connectivity index (χ1) is 11.8. The number of hydrogen-bond acceptors (Lipinski definition) is 10. The number of nitro groups is 2. The van der Waals surface area contributed by atoms with Gasteiger partial charge in [-0.3, -0.25) is 20.2 Å². The minimum Gasteiger partial charge on any atom is -0.744 e. The van der Waals surface area contributed by atoms with Crippen LogP contribution in [0.3, 0.4) is 0 Å². The second kappa shape index (κ2) is 9.67. The summed E-state index contributed by atoms with van der Waals surface area (Å²) in [5, 5.41) is 20.4. The van der Waals surface area contributed by atoms with E-state index >= 15 is 0 Å². The Morgan fingerprint density at radius 2 is 0.963 bits per heavy atom. The van der Waals surface area contributed by atoms with Crippen LogP contribution in [0.4, 0.5) is 11.4 Å². The van der Waals surface area contributed by atoms with Gasteiger partial charge in [-0.15, -0.1) is 0 Å². The molecule has 27 heavy (non-hydrogen) atoms. The van der Waals surface area contributed by atoms with Gasteiger partial charge in [-0.25, -0.2) is 16.8 Å². The molecule has 0 unspecified atom stereocenters. The monoisotopic (exact) mass is 428 g/mol. The normalized spacial score (nSPS) is 10.7. The fourth-order valence-corrected chi connectivity index (χ4v) is 2.53. The number of benzene rings is 2. The fraction of sp³-hybridized carbons (Fsp3) is 0. The van der Waals surface area contributed by atoms with E-state index in [1.165, 1.54) is 0 Å². The molecule has 2 rings (SSSR count). The second-order valence-corrected chi connectivity index (χ2v) is 7.18. The van der Waals surface area contributed by atoms with Crippen LogP contribution in [0.2, 0.25) is 0 Å². The SMILES string of the molecule is O=[N+]([O-])c1cccc(S(=O)(=O)[O-])c1.O=[N+]([O-])c1cccc(S(=O)(=O)[O-])c1.[Mg+2]. The molecule has 0 radical (unpaired) electrons. The van der Waals surface area contributed by atoms with Gasteiger partial charge in [0.15, 0.2) is 0 Å². The zero-order chi connectivity index (χ0) is 20.1. The van der Waals surface area contributed by atoms with Crippen molar-refractivity contribution in [2.75, 3.05) is 0 Å². The van der Waals surface area contributed by atoms with Gasteiger partial charge in [0.1, 0.15) is 20.2 Å². The van der Waals surface area contributed by atoms with Gasteiger partial charge in [0, 0.05) is 24.3 Å². The first kappa shape index (κ1) is 24.8. The van der Waals surface area contributed by atoms with Crippen LogP contribution in [0.5, 0.6) is 0 Å². The Hall–Kier alpha value is -2.17. The van der Waals surface area contributed by atoms with Crippen molar-refractivity contribution in [2.24, 2.45) is 0 Å². The van der Waals surface area contributed by atoms with E-state index in [9.17, 15) is 46.2 Å². The fourth-order valence-electron chi connectivity index (χ4n) is 1.51. The van der Waals surface area contributed by atoms with Crippen molar-refractivity contribution < 1.29 is 35.8 Å². The number of rotatable bonds is 4. The summed E-state index contributed by atoms with van der Waals surface area (Å²) in [5.74, 6) is 0. The summed E-state index contributed by atoms with van der Waals surface area (Å²) in [6.07, 6.45) is 0. The molecule has 15 heteroatoms. The molecule has 0 heterocycles. The van der Waals surface area contributed by atoms with Gasteiger partial charge in [-0.2, -0.15) is 0 Å². The molecule has 0 atom stereocenters. The second-order valence-electron chi connectivity index (χ2n) is 4.42. The Morgan fingerprint density at radius 3 is 1.19 bits per heavy atom. The van der Waals surface area contributed by atoms with Crippen LogP contribution in [0.15, 0.2) is 58.3 Å². The molecule has 0 amide bonds. The van der Waals surface area contributed by atoms with E-state index < -0.39 is 51.2 Å². The molecule has 0 aliphatic carbocycles. The van der Waals surface area contributed by atoms with Gasteiger partial charge < -0.3 is 9.11 Å². The Labute approximate surface area is 168 Å². The molecule has 12 nitrogen and oxygen atoms in total. The van der Waals surface area contributed by atoms with Crippen molar-refractivity contribution in [3.8, 4) is 0 Å². The number of nitro benzene ring substituents is 2. The van der Waals surface area contributed by atoms with Gasteiger partial charge in [0.2, 0.25) is 0 Å².